The number of nitrogens with zero attached hydrogens (tertiary/aromatic N) is 2. The summed E-state index contributed by atoms with van der Waals surface area (Å²) in [6.45, 7) is 2.39. The zero-order valence-electron chi connectivity index (χ0n) is 16.0. The summed E-state index contributed by atoms with van der Waals surface area (Å²) in [5, 5.41) is 3.27. The number of hydrogen-bond acceptors (Lipinski definition) is 5. The molecule has 1 heterocycles. The van der Waals surface area contributed by atoms with Crippen molar-refractivity contribution in [2.24, 2.45) is 0 Å². The van der Waals surface area contributed by atoms with Crippen molar-refractivity contribution >= 4 is 38.9 Å². The number of hydrogen-bond donors (Lipinski definition) is 1. The lowest BCUT2D eigenvalue weighted by molar-refractivity contribution is -0.130. The topological polar surface area (TPSA) is 86.8 Å². The van der Waals surface area contributed by atoms with Gasteiger partial charge in [0.25, 0.3) is 5.91 Å². The Morgan fingerprint density at radius 1 is 1.03 bits per heavy atom. The van der Waals surface area contributed by atoms with Gasteiger partial charge < -0.3 is 15.1 Å². The highest BCUT2D eigenvalue weighted by Crippen LogP contribution is 2.20. The fraction of sp³-hybridized carbons (Fsp3) is 0.300. The quantitative estimate of drug-likeness (QED) is 0.774. The second kappa shape index (κ2) is 8.84. The minimum absolute atomic E-state index is 0.107. The Hall–Kier alpha value is -2.58. The molecular weight excluding hydrogens is 414 g/mol. The molecule has 1 aliphatic rings. The molecule has 0 radical (unpaired) electrons. The van der Waals surface area contributed by atoms with Gasteiger partial charge in [0, 0.05) is 48.7 Å². The van der Waals surface area contributed by atoms with Crippen molar-refractivity contribution in [1.29, 1.82) is 0 Å². The van der Waals surface area contributed by atoms with E-state index in [9.17, 15) is 18.0 Å². The van der Waals surface area contributed by atoms with E-state index >= 15 is 0 Å². The first kappa shape index (κ1) is 21.1. The van der Waals surface area contributed by atoms with Gasteiger partial charge in [0.2, 0.25) is 5.91 Å². The van der Waals surface area contributed by atoms with Gasteiger partial charge in [-0.1, -0.05) is 17.7 Å². The van der Waals surface area contributed by atoms with Crippen LogP contribution in [0.4, 0.5) is 5.69 Å². The van der Waals surface area contributed by atoms with Crippen LogP contribution in [0.5, 0.6) is 0 Å². The Morgan fingerprint density at radius 2 is 1.69 bits per heavy atom. The Bertz CT molecular complexity index is 1000. The molecule has 2 aromatic carbocycles. The first-order chi connectivity index (χ1) is 13.7. The second-order valence-electron chi connectivity index (χ2n) is 6.83. The zero-order chi connectivity index (χ0) is 21.0. The molecule has 1 aliphatic heterocycles. The van der Waals surface area contributed by atoms with Crippen molar-refractivity contribution in [3.05, 3.63) is 59.1 Å². The molecule has 0 unspecified atom stereocenters. The van der Waals surface area contributed by atoms with Crippen LogP contribution in [0.2, 0.25) is 5.02 Å². The standard InChI is InChI=1S/C20H22ClN3O4S/c1-29(27,28)18-7-5-15(6-8-18)20(26)22-14-19(25)24-11-9-23(10-12-24)17-4-2-3-16(21)13-17/h2-8,13H,9-12,14H2,1H3,(H,22,26). The average Bonchev–Trinajstić information content (AvgIpc) is 2.71. The molecule has 7 nitrogen and oxygen atoms in total. The van der Waals surface area contributed by atoms with Crippen LogP contribution in [0.1, 0.15) is 10.4 Å². The first-order valence-corrected chi connectivity index (χ1v) is 11.4. The first-order valence-electron chi connectivity index (χ1n) is 9.10. The van der Waals surface area contributed by atoms with E-state index in [1.807, 2.05) is 24.3 Å². The maximum Gasteiger partial charge on any atom is 0.251 e. The molecule has 0 bridgehead atoms. The number of halogens is 1. The van der Waals surface area contributed by atoms with Gasteiger partial charge in [0.15, 0.2) is 9.84 Å². The Kier molecular flexibility index (Phi) is 6.44. The lowest BCUT2D eigenvalue weighted by Crippen LogP contribution is -2.51. The van der Waals surface area contributed by atoms with Crippen molar-refractivity contribution in [2.75, 3.05) is 43.9 Å². The minimum atomic E-state index is -3.32. The van der Waals surface area contributed by atoms with E-state index in [1.165, 1.54) is 24.3 Å². The maximum atomic E-state index is 12.4. The van der Waals surface area contributed by atoms with Gasteiger partial charge in [-0.3, -0.25) is 9.59 Å². The van der Waals surface area contributed by atoms with E-state index in [4.69, 9.17) is 11.6 Å². The number of piperazine rings is 1. The number of anilines is 1. The molecule has 0 aromatic heterocycles. The molecule has 3 rings (SSSR count). The molecule has 0 aliphatic carbocycles. The number of carbonyl (C=O) groups excluding carboxylic acids is 2. The van der Waals surface area contributed by atoms with Crippen LogP contribution in [-0.4, -0.2) is 64.1 Å². The molecule has 2 aromatic rings. The lowest BCUT2D eigenvalue weighted by Gasteiger charge is -2.36. The highest BCUT2D eigenvalue weighted by atomic mass is 35.5. The fourth-order valence-electron chi connectivity index (χ4n) is 3.11. The van der Waals surface area contributed by atoms with Gasteiger partial charge >= 0.3 is 0 Å². The summed E-state index contributed by atoms with van der Waals surface area (Å²) in [5.74, 6) is -0.576. The summed E-state index contributed by atoms with van der Waals surface area (Å²) in [5.41, 5.74) is 1.33. The largest absolute Gasteiger partial charge is 0.368 e. The molecular formula is C20H22ClN3O4S. The fourth-order valence-corrected chi connectivity index (χ4v) is 3.93. The van der Waals surface area contributed by atoms with Gasteiger partial charge in [-0.15, -0.1) is 0 Å². The molecule has 29 heavy (non-hydrogen) atoms. The zero-order valence-corrected chi connectivity index (χ0v) is 17.5. The van der Waals surface area contributed by atoms with E-state index in [1.54, 1.807) is 4.90 Å². The second-order valence-corrected chi connectivity index (χ2v) is 9.28. The SMILES string of the molecule is CS(=O)(=O)c1ccc(C(=O)NCC(=O)N2CCN(c3cccc(Cl)c3)CC2)cc1. The number of nitrogens with one attached hydrogen (secondary N) is 1. The summed E-state index contributed by atoms with van der Waals surface area (Å²) in [6, 6.07) is 13.2. The van der Waals surface area contributed by atoms with Gasteiger partial charge in [-0.2, -0.15) is 0 Å². The highest BCUT2D eigenvalue weighted by Gasteiger charge is 2.22. The number of benzene rings is 2. The summed E-state index contributed by atoms with van der Waals surface area (Å²) in [7, 11) is -3.32. The Labute approximate surface area is 175 Å². The number of rotatable bonds is 5. The van der Waals surface area contributed by atoms with Crippen molar-refractivity contribution in [3.63, 3.8) is 0 Å². The predicted octanol–water partition coefficient (Wildman–Crippen LogP) is 1.82. The van der Waals surface area contributed by atoms with Crippen molar-refractivity contribution in [1.82, 2.24) is 10.2 Å². The Balaban J connectivity index is 1.49. The van der Waals surface area contributed by atoms with Crippen molar-refractivity contribution < 1.29 is 18.0 Å². The maximum absolute atomic E-state index is 12.4. The van der Waals surface area contributed by atoms with E-state index in [0.717, 1.165) is 11.9 Å². The van der Waals surface area contributed by atoms with Crippen molar-refractivity contribution in [2.45, 2.75) is 4.90 Å². The molecule has 0 spiro atoms. The summed E-state index contributed by atoms with van der Waals surface area (Å²) < 4.78 is 22.9. The molecule has 9 heteroatoms. The van der Waals surface area contributed by atoms with Crippen LogP contribution in [-0.2, 0) is 14.6 Å². The lowest BCUT2D eigenvalue weighted by atomic mass is 10.2. The van der Waals surface area contributed by atoms with Gasteiger partial charge in [-0.25, -0.2) is 8.42 Å². The van der Waals surface area contributed by atoms with Crippen LogP contribution in [0.15, 0.2) is 53.4 Å². The normalized spacial score (nSPS) is 14.6. The average molecular weight is 436 g/mol. The van der Waals surface area contributed by atoms with E-state index < -0.39 is 15.7 Å². The van der Waals surface area contributed by atoms with Crippen LogP contribution < -0.4 is 10.2 Å². The predicted molar refractivity (Wildman–Crippen MR) is 112 cm³/mol. The van der Waals surface area contributed by atoms with Gasteiger partial charge in [-0.05, 0) is 42.5 Å². The number of sulfone groups is 1. The minimum Gasteiger partial charge on any atom is -0.368 e. The third kappa shape index (κ3) is 5.48. The molecule has 0 saturated carbocycles. The highest BCUT2D eigenvalue weighted by molar-refractivity contribution is 7.90. The molecule has 2 amide bonds. The monoisotopic (exact) mass is 435 g/mol. The molecule has 1 N–H and O–H groups in total. The van der Waals surface area contributed by atoms with Crippen LogP contribution in [0.3, 0.4) is 0 Å². The van der Waals surface area contributed by atoms with Crippen LogP contribution >= 0.6 is 11.6 Å². The van der Waals surface area contributed by atoms with Gasteiger partial charge in [0.1, 0.15) is 0 Å². The number of carbonyl (C=O) groups is 2. The van der Waals surface area contributed by atoms with Crippen LogP contribution in [0, 0.1) is 0 Å². The van der Waals surface area contributed by atoms with E-state index in [0.29, 0.717) is 36.8 Å². The summed E-state index contributed by atoms with van der Waals surface area (Å²) >= 11 is 6.03. The molecule has 0 atom stereocenters. The van der Waals surface area contributed by atoms with E-state index in [-0.39, 0.29) is 17.3 Å². The Morgan fingerprint density at radius 3 is 2.28 bits per heavy atom. The van der Waals surface area contributed by atoms with E-state index in [2.05, 4.69) is 10.2 Å². The molecule has 154 valence electrons. The summed E-state index contributed by atoms with van der Waals surface area (Å²) in [6.07, 6.45) is 1.10. The molecule has 1 fully saturated rings. The van der Waals surface area contributed by atoms with Crippen LogP contribution in [0.25, 0.3) is 0 Å². The summed E-state index contributed by atoms with van der Waals surface area (Å²) in [4.78, 5) is 28.6. The van der Waals surface area contributed by atoms with Crippen molar-refractivity contribution in [3.8, 4) is 0 Å². The number of amides is 2. The van der Waals surface area contributed by atoms with Gasteiger partial charge in [0.05, 0.1) is 11.4 Å². The smallest absolute Gasteiger partial charge is 0.251 e. The third-order valence-corrected chi connectivity index (χ3v) is 6.11. The third-order valence-electron chi connectivity index (χ3n) is 4.75. The molecule has 1 saturated heterocycles.